The lowest BCUT2D eigenvalue weighted by Crippen LogP contribution is -2.61. The summed E-state index contributed by atoms with van der Waals surface area (Å²) in [7, 11) is 1.51. The number of fused-ring (bicyclic) bond motifs is 3. The minimum absolute atomic E-state index is 0.0330. The molecule has 6 aliphatic heterocycles. The van der Waals surface area contributed by atoms with Gasteiger partial charge in [-0.3, -0.25) is 4.79 Å². The molecule has 4 N–H and O–H groups in total. The third-order valence-electron chi connectivity index (χ3n) is 13.9. The zero-order valence-electron chi connectivity index (χ0n) is 32.9. The van der Waals surface area contributed by atoms with Crippen LogP contribution in [-0.2, 0) is 57.0 Å². The van der Waals surface area contributed by atoms with Crippen molar-refractivity contribution in [2.75, 3.05) is 13.7 Å². The lowest BCUT2D eigenvalue weighted by Gasteiger charge is -2.51. The van der Waals surface area contributed by atoms with Crippen LogP contribution >= 0.6 is 0 Å². The molecular formula is C40H58O16. The van der Waals surface area contributed by atoms with Gasteiger partial charge in [-0.15, -0.1) is 0 Å². The van der Waals surface area contributed by atoms with Gasteiger partial charge in [-0.25, -0.2) is 4.79 Å². The highest BCUT2D eigenvalue weighted by atomic mass is 16.8. The fourth-order valence-corrected chi connectivity index (χ4v) is 10.6. The number of hydrogen-bond donors (Lipinski definition) is 4. The number of carbonyl (C=O) groups is 2. The molecule has 8 rings (SSSR count). The monoisotopic (exact) mass is 794 g/mol. The predicted octanol–water partition coefficient (Wildman–Crippen LogP) is 1.53. The molecule has 0 amide bonds. The number of rotatable bonds is 7. The second-order valence-corrected chi connectivity index (χ2v) is 17.4. The number of aliphatic hydroxyl groups is 4. The molecule has 0 aromatic heterocycles. The maximum absolute atomic E-state index is 13.7. The maximum atomic E-state index is 13.7. The van der Waals surface area contributed by atoms with Gasteiger partial charge in [-0.1, -0.05) is 24.6 Å². The second kappa shape index (κ2) is 15.5. The highest BCUT2D eigenvalue weighted by molar-refractivity contribution is 5.92. The second-order valence-electron chi connectivity index (χ2n) is 17.4. The molecule has 314 valence electrons. The van der Waals surface area contributed by atoms with E-state index < -0.39 is 104 Å². The van der Waals surface area contributed by atoms with E-state index in [0.717, 1.165) is 5.57 Å². The van der Waals surface area contributed by atoms with Crippen LogP contribution in [0.5, 0.6) is 0 Å². The maximum Gasteiger partial charge on any atom is 0.336 e. The minimum Gasteiger partial charge on any atom is -0.459 e. The molecule has 6 fully saturated rings. The van der Waals surface area contributed by atoms with Crippen LogP contribution in [0, 0.1) is 23.2 Å². The highest BCUT2D eigenvalue weighted by Crippen LogP contribution is 2.56. The number of ether oxygens (including phenoxy) is 10. The molecule has 0 aromatic carbocycles. The molecule has 0 radical (unpaired) electrons. The Morgan fingerprint density at radius 3 is 2.29 bits per heavy atom. The summed E-state index contributed by atoms with van der Waals surface area (Å²) in [5.74, 6) is -2.78. The van der Waals surface area contributed by atoms with Crippen molar-refractivity contribution in [3.8, 4) is 0 Å². The number of aliphatic hydroxyl groups excluding tert-OH is 4. The summed E-state index contributed by atoms with van der Waals surface area (Å²) < 4.78 is 59.4. The first-order valence-electron chi connectivity index (χ1n) is 20.2. The molecule has 8 aliphatic rings. The number of methoxy groups -OCH3 is 1. The van der Waals surface area contributed by atoms with Crippen molar-refractivity contribution in [3.63, 3.8) is 0 Å². The van der Waals surface area contributed by atoms with Crippen LogP contribution in [0.4, 0.5) is 0 Å². The standard InChI is InChI=1S/C40H58O16/c1-17-31(42)26(47-6)15-29(49-17)54-34-18(2)50-28(14-25(34)41)55-35-19(3)51-38(33(44)32(35)43)52-21-11-12-39(4)20(13-21)7-8-22-24(39)10-9-23-30-27(53-36(22)45)16-48-40(30,5)56-37(23)46/h7,9,17-19,21-22,24-35,38,41-44H,8,10-16H2,1-6H3. The fourth-order valence-electron chi connectivity index (χ4n) is 10.6. The molecule has 0 bridgehead atoms. The molecule has 20 unspecified atom stereocenters. The molecule has 20 atom stereocenters. The molecule has 5 saturated heterocycles. The van der Waals surface area contributed by atoms with E-state index >= 15 is 0 Å². The average Bonchev–Trinajstić information content (AvgIpc) is 3.61. The molecule has 56 heavy (non-hydrogen) atoms. The number of hydrogen-bond acceptors (Lipinski definition) is 16. The van der Waals surface area contributed by atoms with Crippen molar-refractivity contribution < 1.29 is 77.4 Å². The van der Waals surface area contributed by atoms with E-state index in [9.17, 15) is 30.0 Å². The molecule has 6 heterocycles. The van der Waals surface area contributed by atoms with E-state index in [4.69, 9.17) is 47.4 Å². The summed E-state index contributed by atoms with van der Waals surface area (Å²) in [6.07, 6.45) is -5.06. The van der Waals surface area contributed by atoms with E-state index in [1.807, 2.05) is 6.08 Å². The highest BCUT2D eigenvalue weighted by Gasteiger charge is 2.61. The Balaban J connectivity index is 0.868. The van der Waals surface area contributed by atoms with Gasteiger partial charge in [-0.2, -0.15) is 0 Å². The first-order chi connectivity index (χ1) is 26.6. The molecular weight excluding hydrogens is 736 g/mol. The van der Waals surface area contributed by atoms with Crippen LogP contribution in [0.15, 0.2) is 23.3 Å². The molecule has 16 nitrogen and oxygen atoms in total. The van der Waals surface area contributed by atoms with Gasteiger partial charge < -0.3 is 67.8 Å². The van der Waals surface area contributed by atoms with Crippen LogP contribution in [0.2, 0.25) is 0 Å². The van der Waals surface area contributed by atoms with Crippen LogP contribution in [0.25, 0.3) is 0 Å². The third-order valence-corrected chi connectivity index (χ3v) is 13.9. The van der Waals surface area contributed by atoms with Crippen molar-refractivity contribution in [2.45, 2.75) is 177 Å². The van der Waals surface area contributed by atoms with Crippen LogP contribution in [0.3, 0.4) is 0 Å². The lowest BCUT2D eigenvalue weighted by atomic mass is 9.55. The fraction of sp³-hybridized carbons (Fsp3) is 0.850. The first kappa shape index (κ1) is 40.7. The van der Waals surface area contributed by atoms with Gasteiger partial charge in [0, 0.05) is 32.4 Å². The zero-order chi connectivity index (χ0) is 39.8. The van der Waals surface area contributed by atoms with Crippen molar-refractivity contribution in [1.29, 1.82) is 0 Å². The molecule has 2 aliphatic carbocycles. The van der Waals surface area contributed by atoms with Gasteiger partial charge >= 0.3 is 11.9 Å². The molecule has 1 saturated carbocycles. The Hall–Kier alpha value is -2.06. The predicted molar refractivity (Wildman–Crippen MR) is 190 cm³/mol. The van der Waals surface area contributed by atoms with E-state index in [1.165, 1.54) is 7.11 Å². The minimum atomic E-state index is -1.43. The quantitative estimate of drug-likeness (QED) is 0.213. The summed E-state index contributed by atoms with van der Waals surface area (Å²) in [5.41, 5.74) is 1.30. The van der Waals surface area contributed by atoms with Crippen LogP contribution < -0.4 is 0 Å². The van der Waals surface area contributed by atoms with Gasteiger partial charge in [0.25, 0.3) is 0 Å². The number of carbonyl (C=O) groups excluding carboxylic acids is 2. The number of esters is 2. The largest absolute Gasteiger partial charge is 0.459 e. The molecule has 16 heteroatoms. The summed E-state index contributed by atoms with van der Waals surface area (Å²) in [5, 5.41) is 43.9. The Bertz CT molecular complexity index is 1540. The Labute approximate surface area is 326 Å². The topological polar surface area (TPSA) is 207 Å². The van der Waals surface area contributed by atoms with Gasteiger partial charge in [0.05, 0.1) is 55.1 Å². The first-order valence-corrected chi connectivity index (χ1v) is 20.2. The van der Waals surface area contributed by atoms with Gasteiger partial charge in [0.2, 0.25) is 5.79 Å². The van der Waals surface area contributed by atoms with Crippen molar-refractivity contribution in [3.05, 3.63) is 23.3 Å². The van der Waals surface area contributed by atoms with Crippen molar-refractivity contribution in [1.82, 2.24) is 0 Å². The van der Waals surface area contributed by atoms with Crippen LogP contribution in [-0.4, -0.2) is 144 Å². The Morgan fingerprint density at radius 1 is 0.821 bits per heavy atom. The summed E-state index contributed by atoms with van der Waals surface area (Å²) in [4.78, 5) is 26.6. The van der Waals surface area contributed by atoms with Crippen molar-refractivity contribution in [2.24, 2.45) is 23.2 Å². The Morgan fingerprint density at radius 2 is 1.54 bits per heavy atom. The average molecular weight is 795 g/mol. The SMILES string of the molecule is COC1CC(OC2C(O)CC(OC3C(C)OC(OC4CCC5(C)C(=CCC6C(=O)OC7COC8(C)OC(=O)C(=CCC65)C78)C4)C(O)C3O)OC2C)OC(C)C1O. The van der Waals surface area contributed by atoms with Gasteiger partial charge in [-0.05, 0) is 64.2 Å². The molecule has 0 aromatic rings. The molecule has 0 spiro atoms. The van der Waals surface area contributed by atoms with E-state index in [1.54, 1.807) is 27.7 Å². The van der Waals surface area contributed by atoms with E-state index in [0.29, 0.717) is 37.7 Å². The third kappa shape index (κ3) is 7.19. The van der Waals surface area contributed by atoms with Gasteiger partial charge in [0.15, 0.2) is 18.9 Å². The van der Waals surface area contributed by atoms with Gasteiger partial charge in [0.1, 0.15) is 36.6 Å². The Kier molecular flexibility index (Phi) is 11.3. The summed E-state index contributed by atoms with van der Waals surface area (Å²) >= 11 is 0. The normalized spacial score (nSPS) is 51.9. The number of allylic oxidation sites excluding steroid dienone is 2. The van der Waals surface area contributed by atoms with E-state index in [-0.39, 0.29) is 48.8 Å². The smallest absolute Gasteiger partial charge is 0.336 e. The summed E-state index contributed by atoms with van der Waals surface area (Å²) in [6, 6.07) is 0. The van der Waals surface area contributed by atoms with Crippen molar-refractivity contribution >= 4 is 11.9 Å². The van der Waals surface area contributed by atoms with E-state index in [2.05, 4.69) is 13.0 Å². The lowest BCUT2D eigenvalue weighted by molar-refractivity contribution is -0.350. The zero-order valence-corrected chi connectivity index (χ0v) is 32.9. The van der Waals surface area contributed by atoms with Crippen LogP contribution in [0.1, 0.15) is 79.6 Å². The summed E-state index contributed by atoms with van der Waals surface area (Å²) in [6.45, 7) is 9.26.